The first-order chi connectivity index (χ1) is 12.1. The van der Waals surface area contributed by atoms with Crippen LogP contribution < -0.4 is 20.5 Å². The van der Waals surface area contributed by atoms with Gasteiger partial charge in [-0.2, -0.15) is 0 Å². The van der Waals surface area contributed by atoms with Crippen LogP contribution in [0, 0.1) is 0 Å². The Morgan fingerprint density at radius 2 is 1.77 bits per heavy atom. The van der Waals surface area contributed by atoms with E-state index in [9.17, 15) is 5.11 Å². The molecule has 142 valence electrons. The first-order valence-electron chi connectivity index (χ1n) is 8.15. The highest BCUT2D eigenvalue weighted by Gasteiger charge is 2.04. The summed E-state index contributed by atoms with van der Waals surface area (Å²) in [6.45, 7) is 1.25. The number of aromatic hydroxyl groups is 1. The maximum atomic E-state index is 9.43. The molecule has 0 aromatic heterocycles. The number of ether oxygens (including phenoxy) is 2. The second kappa shape index (κ2) is 11.5. The Morgan fingerprint density at radius 1 is 1.04 bits per heavy atom. The standard InChI is InChI=1S/C19H25N3O3.HI/c1-24-17-7-6-15(13-18(17)25-2)9-11-22-19(20)21-10-8-14-4-3-5-16(23)12-14;/h3-7,12-13,23H,8-11H2,1-2H3,(H3,20,21,22);1H. The summed E-state index contributed by atoms with van der Waals surface area (Å²) in [5.74, 6) is 2.11. The number of nitrogens with two attached hydrogens (primary N) is 1. The zero-order valence-corrected chi connectivity index (χ0v) is 17.4. The summed E-state index contributed by atoms with van der Waals surface area (Å²) < 4.78 is 10.5. The fraction of sp³-hybridized carbons (Fsp3) is 0.316. The summed E-state index contributed by atoms with van der Waals surface area (Å²) in [5, 5.41) is 12.5. The highest BCUT2D eigenvalue weighted by atomic mass is 127. The number of benzene rings is 2. The van der Waals surface area contributed by atoms with Crippen molar-refractivity contribution in [2.75, 3.05) is 27.3 Å². The van der Waals surface area contributed by atoms with Crippen LogP contribution in [-0.4, -0.2) is 38.4 Å². The van der Waals surface area contributed by atoms with E-state index >= 15 is 0 Å². The Labute approximate surface area is 171 Å². The van der Waals surface area contributed by atoms with Crippen LogP contribution >= 0.6 is 24.0 Å². The van der Waals surface area contributed by atoms with Crippen molar-refractivity contribution in [3.8, 4) is 17.2 Å². The minimum atomic E-state index is 0. The normalized spacial score (nSPS) is 10.8. The average molecular weight is 471 g/mol. The molecule has 7 heteroatoms. The topological polar surface area (TPSA) is 89.1 Å². The van der Waals surface area contributed by atoms with Gasteiger partial charge in [0.1, 0.15) is 5.75 Å². The number of halogens is 1. The molecule has 2 aromatic carbocycles. The highest BCUT2D eigenvalue weighted by molar-refractivity contribution is 14.0. The SMILES string of the molecule is COc1ccc(CCN=C(N)NCCc2cccc(O)c2)cc1OC.I. The van der Waals surface area contributed by atoms with Crippen molar-refractivity contribution >= 4 is 29.9 Å². The summed E-state index contributed by atoms with van der Waals surface area (Å²) in [6, 6.07) is 13.0. The van der Waals surface area contributed by atoms with E-state index < -0.39 is 0 Å². The number of aliphatic imine (C=N–C) groups is 1. The van der Waals surface area contributed by atoms with Gasteiger partial charge in [-0.15, -0.1) is 24.0 Å². The average Bonchev–Trinajstić information content (AvgIpc) is 2.61. The van der Waals surface area contributed by atoms with Crippen molar-refractivity contribution in [1.29, 1.82) is 0 Å². The van der Waals surface area contributed by atoms with Crippen LogP contribution in [-0.2, 0) is 12.8 Å². The van der Waals surface area contributed by atoms with E-state index in [0.29, 0.717) is 30.5 Å². The summed E-state index contributed by atoms with van der Waals surface area (Å²) in [7, 11) is 3.24. The van der Waals surface area contributed by atoms with Gasteiger partial charge in [-0.25, -0.2) is 0 Å². The Bertz CT molecular complexity index is 723. The smallest absolute Gasteiger partial charge is 0.188 e. The fourth-order valence-corrected chi connectivity index (χ4v) is 2.44. The zero-order chi connectivity index (χ0) is 18.1. The zero-order valence-electron chi connectivity index (χ0n) is 15.1. The van der Waals surface area contributed by atoms with Crippen LogP contribution in [0.15, 0.2) is 47.5 Å². The summed E-state index contributed by atoms with van der Waals surface area (Å²) >= 11 is 0. The Kier molecular flexibility index (Phi) is 9.64. The summed E-state index contributed by atoms with van der Waals surface area (Å²) in [4.78, 5) is 4.33. The van der Waals surface area contributed by atoms with Gasteiger partial charge in [-0.1, -0.05) is 18.2 Å². The lowest BCUT2D eigenvalue weighted by atomic mass is 10.1. The number of guanidine groups is 1. The van der Waals surface area contributed by atoms with Gasteiger partial charge < -0.3 is 25.6 Å². The van der Waals surface area contributed by atoms with E-state index in [-0.39, 0.29) is 29.7 Å². The van der Waals surface area contributed by atoms with Gasteiger partial charge >= 0.3 is 0 Å². The molecule has 2 aromatic rings. The molecule has 0 heterocycles. The van der Waals surface area contributed by atoms with Crippen LogP contribution in [0.3, 0.4) is 0 Å². The molecule has 0 saturated heterocycles. The van der Waals surface area contributed by atoms with Crippen LogP contribution in [0.5, 0.6) is 17.2 Å². The molecule has 0 unspecified atom stereocenters. The van der Waals surface area contributed by atoms with Crippen molar-refractivity contribution in [2.24, 2.45) is 10.7 Å². The van der Waals surface area contributed by atoms with Gasteiger partial charge in [-0.05, 0) is 48.2 Å². The van der Waals surface area contributed by atoms with E-state index in [4.69, 9.17) is 15.2 Å². The number of methoxy groups -OCH3 is 2. The van der Waals surface area contributed by atoms with E-state index in [1.54, 1.807) is 26.4 Å². The third-order valence-corrected chi connectivity index (χ3v) is 3.76. The first kappa shape index (κ1) is 21.9. The molecule has 2 rings (SSSR count). The Hall–Kier alpha value is -2.16. The number of hydrogen-bond donors (Lipinski definition) is 3. The first-order valence-corrected chi connectivity index (χ1v) is 8.15. The number of nitrogens with one attached hydrogen (secondary N) is 1. The number of phenolic OH excluding ortho intramolecular Hbond substituents is 1. The molecule has 0 aliphatic heterocycles. The monoisotopic (exact) mass is 471 g/mol. The lowest BCUT2D eigenvalue weighted by Crippen LogP contribution is -2.33. The van der Waals surface area contributed by atoms with E-state index in [2.05, 4.69) is 10.3 Å². The molecule has 0 radical (unpaired) electrons. The van der Waals surface area contributed by atoms with Gasteiger partial charge in [0.25, 0.3) is 0 Å². The van der Waals surface area contributed by atoms with Crippen molar-refractivity contribution in [3.05, 3.63) is 53.6 Å². The number of rotatable bonds is 8. The molecule has 0 atom stereocenters. The Morgan fingerprint density at radius 3 is 2.46 bits per heavy atom. The van der Waals surface area contributed by atoms with Crippen molar-refractivity contribution in [2.45, 2.75) is 12.8 Å². The molecule has 0 fully saturated rings. The molecule has 0 bridgehead atoms. The summed E-state index contributed by atoms with van der Waals surface area (Å²) in [5.41, 5.74) is 8.03. The van der Waals surface area contributed by atoms with Crippen molar-refractivity contribution in [1.82, 2.24) is 5.32 Å². The Balaban J connectivity index is 0.00000338. The van der Waals surface area contributed by atoms with Gasteiger partial charge in [0, 0.05) is 13.1 Å². The number of phenols is 1. The minimum Gasteiger partial charge on any atom is -0.508 e. The molecule has 0 aliphatic carbocycles. The maximum absolute atomic E-state index is 9.43. The molecule has 0 spiro atoms. The van der Waals surface area contributed by atoms with Gasteiger partial charge in [0.2, 0.25) is 0 Å². The van der Waals surface area contributed by atoms with E-state index in [1.807, 2.05) is 30.3 Å². The van der Waals surface area contributed by atoms with Gasteiger partial charge in [0.15, 0.2) is 17.5 Å². The minimum absolute atomic E-state index is 0. The molecule has 0 aliphatic rings. The third-order valence-electron chi connectivity index (χ3n) is 3.76. The maximum Gasteiger partial charge on any atom is 0.188 e. The molecular weight excluding hydrogens is 445 g/mol. The van der Waals surface area contributed by atoms with Crippen LogP contribution in [0.4, 0.5) is 0 Å². The molecule has 4 N–H and O–H groups in total. The molecule has 6 nitrogen and oxygen atoms in total. The predicted molar refractivity (Wildman–Crippen MR) is 115 cm³/mol. The molecule has 0 saturated carbocycles. The number of nitrogens with zero attached hydrogens (tertiary/aromatic N) is 1. The van der Waals surface area contributed by atoms with Gasteiger partial charge in [0.05, 0.1) is 14.2 Å². The lowest BCUT2D eigenvalue weighted by molar-refractivity contribution is 0.354. The van der Waals surface area contributed by atoms with E-state index in [1.165, 1.54) is 0 Å². The van der Waals surface area contributed by atoms with Crippen LogP contribution in [0.2, 0.25) is 0 Å². The van der Waals surface area contributed by atoms with E-state index in [0.717, 1.165) is 24.0 Å². The third kappa shape index (κ3) is 6.99. The second-order valence-electron chi connectivity index (χ2n) is 5.55. The van der Waals surface area contributed by atoms with Crippen LogP contribution in [0.25, 0.3) is 0 Å². The summed E-state index contributed by atoms with van der Waals surface area (Å²) in [6.07, 6.45) is 1.52. The lowest BCUT2D eigenvalue weighted by Gasteiger charge is -2.09. The molecule has 0 amide bonds. The molecule has 26 heavy (non-hydrogen) atoms. The van der Waals surface area contributed by atoms with Crippen LogP contribution in [0.1, 0.15) is 11.1 Å². The fourth-order valence-electron chi connectivity index (χ4n) is 2.44. The van der Waals surface area contributed by atoms with Crippen molar-refractivity contribution < 1.29 is 14.6 Å². The quantitative estimate of drug-likeness (QED) is 0.313. The highest BCUT2D eigenvalue weighted by Crippen LogP contribution is 2.27. The second-order valence-corrected chi connectivity index (χ2v) is 5.55. The molecular formula is C19H26IN3O3. The largest absolute Gasteiger partial charge is 0.508 e. The number of hydrogen-bond acceptors (Lipinski definition) is 4. The predicted octanol–water partition coefficient (Wildman–Crippen LogP) is 2.72. The van der Waals surface area contributed by atoms with Gasteiger partial charge in [-0.3, -0.25) is 4.99 Å². The van der Waals surface area contributed by atoms with Crippen molar-refractivity contribution in [3.63, 3.8) is 0 Å².